The minimum absolute atomic E-state index is 0. The van der Waals surface area contributed by atoms with E-state index in [0.29, 0.717) is 6.04 Å². The zero-order valence-corrected chi connectivity index (χ0v) is 13.6. The number of piperidine rings is 1. The van der Waals surface area contributed by atoms with Gasteiger partial charge in [0.2, 0.25) is 0 Å². The molecule has 0 saturated carbocycles. The number of hydrogen-bond donors (Lipinski definition) is 0. The van der Waals surface area contributed by atoms with Crippen LogP contribution in [-0.2, 0) is 0 Å². The molecule has 0 spiro atoms. The molecule has 3 aliphatic rings. The van der Waals surface area contributed by atoms with E-state index in [4.69, 9.17) is 0 Å². The van der Waals surface area contributed by atoms with Crippen LogP contribution >= 0.6 is 17.0 Å². The number of para-hydroxylation sites is 1. The summed E-state index contributed by atoms with van der Waals surface area (Å²) in [6.07, 6.45) is 2.24. The van der Waals surface area contributed by atoms with Gasteiger partial charge >= 0.3 is 6.03 Å². The van der Waals surface area contributed by atoms with Gasteiger partial charge in [0.15, 0.2) is 0 Å². The number of rotatable bonds is 1. The summed E-state index contributed by atoms with van der Waals surface area (Å²) in [6.45, 7) is 4.17. The third-order valence-corrected chi connectivity index (χ3v) is 4.33. The molecule has 4 rings (SSSR count). The van der Waals surface area contributed by atoms with E-state index in [2.05, 4.69) is 9.80 Å². The SMILES string of the molecule is Br.CN(C(=O)N1CCN2CCC1CC2)c1ccccc1. The summed E-state index contributed by atoms with van der Waals surface area (Å²) in [5, 5.41) is 0. The van der Waals surface area contributed by atoms with Gasteiger partial charge in [-0.2, -0.15) is 0 Å². The maximum Gasteiger partial charge on any atom is 0.324 e. The minimum atomic E-state index is 0. The first kappa shape index (κ1) is 15.3. The van der Waals surface area contributed by atoms with Gasteiger partial charge in [-0.15, -0.1) is 17.0 Å². The number of fused-ring (bicyclic) bond motifs is 4. The third-order valence-electron chi connectivity index (χ3n) is 4.33. The molecule has 0 aliphatic carbocycles. The highest BCUT2D eigenvalue weighted by atomic mass is 79.9. The molecule has 0 unspecified atom stereocenters. The van der Waals surface area contributed by atoms with Gasteiger partial charge in [0.25, 0.3) is 0 Å². The van der Waals surface area contributed by atoms with E-state index in [1.54, 1.807) is 4.90 Å². The van der Waals surface area contributed by atoms with Gasteiger partial charge in [0, 0.05) is 45.0 Å². The number of carbonyl (C=O) groups is 1. The van der Waals surface area contributed by atoms with Gasteiger partial charge in [-0.25, -0.2) is 4.79 Å². The van der Waals surface area contributed by atoms with Crippen molar-refractivity contribution in [3.8, 4) is 0 Å². The highest BCUT2D eigenvalue weighted by molar-refractivity contribution is 8.93. The van der Waals surface area contributed by atoms with Gasteiger partial charge in [-0.1, -0.05) is 18.2 Å². The minimum Gasteiger partial charge on any atom is -0.320 e. The number of amides is 2. The second-order valence-electron chi connectivity index (χ2n) is 5.44. The van der Waals surface area contributed by atoms with Crippen molar-refractivity contribution in [1.29, 1.82) is 0 Å². The number of anilines is 1. The molecular formula is C15H22BrN3O. The second kappa shape index (κ2) is 6.59. The molecule has 0 radical (unpaired) electrons. The molecule has 3 aliphatic heterocycles. The fraction of sp³-hybridized carbons (Fsp3) is 0.533. The Hall–Kier alpha value is -1.07. The molecule has 0 N–H and O–H groups in total. The first-order chi connectivity index (χ1) is 9.25. The van der Waals surface area contributed by atoms with Crippen LogP contribution in [-0.4, -0.2) is 55.1 Å². The number of hydrogen-bond acceptors (Lipinski definition) is 2. The Balaban J connectivity index is 0.00000147. The highest BCUT2D eigenvalue weighted by Gasteiger charge is 2.33. The predicted molar refractivity (Wildman–Crippen MR) is 86.7 cm³/mol. The Kier molecular flexibility index (Phi) is 5.05. The van der Waals surface area contributed by atoms with Crippen molar-refractivity contribution in [2.75, 3.05) is 38.1 Å². The van der Waals surface area contributed by atoms with Crippen molar-refractivity contribution in [3.63, 3.8) is 0 Å². The molecule has 1 aromatic rings. The third kappa shape index (κ3) is 2.99. The van der Waals surface area contributed by atoms with Crippen molar-refractivity contribution in [2.45, 2.75) is 18.9 Å². The molecule has 5 heteroatoms. The maximum absolute atomic E-state index is 12.7. The van der Waals surface area contributed by atoms with E-state index in [1.807, 2.05) is 37.4 Å². The van der Waals surface area contributed by atoms with Gasteiger partial charge < -0.3 is 9.80 Å². The summed E-state index contributed by atoms with van der Waals surface area (Å²) < 4.78 is 0. The molecule has 4 nitrogen and oxygen atoms in total. The van der Waals surface area contributed by atoms with Crippen LogP contribution in [0.4, 0.5) is 10.5 Å². The van der Waals surface area contributed by atoms with Crippen LogP contribution in [0.5, 0.6) is 0 Å². The number of benzene rings is 1. The molecule has 0 atom stereocenters. The first-order valence-corrected chi connectivity index (χ1v) is 7.07. The van der Waals surface area contributed by atoms with E-state index >= 15 is 0 Å². The van der Waals surface area contributed by atoms with E-state index < -0.39 is 0 Å². The van der Waals surface area contributed by atoms with Crippen LogP contribution in [0.3, 0.4) is 0 Å². The smallest absolute Gasteiger partial charge is 0.320 e. The lowest BCUT2D eigenvalue weighted by Crippen LogP contribution is -2.47. The van der Waals surface area contributed by atoms with Gasteiger partial charge in [-0.05, 0) is 25.0 Å². The second-order valence-corrected chi connectivity index (χ2v) is 5.44. The average Bonchev–Trinajstić information content (AvgIpc) is 2.80. The van der Waals surface area contributed by atoms with E-state index in [9.17, 15) is 4.79 Å². The van der Waals surface area contributed by atoms with Gasteiger partial charge in [0.1, 0.15) is 0 Å². The quantitative estimate of drug-likeness (QED) is 0.786. The summed E-state index contributed by atoms with van der Waals surface area (Å²) in [6, 6.07) is 10.4. The van der Waals surface area contributed by atoms with Crippen molar-refractivity contribution < 1.29 is 4.79 Å². The highest BCUT2D eigenvalue weighted by Crippen LogP contribution is 2.23. The van der Waals surface area contributed by atoms with E-state index in [1.165, 1.54) is 0 Å². The Morgan fingerprint density at radius 1 is 1.10 bits per heavy atom. The lowest BCUT2D eigenvalue weighted by atomic mass is 10.1. The summed E-state index contributed by atoms with van der Waals surface area (Å²) in [7, 11) is 1.87. The van der Waals surface area contributed by atoms with Crippen molar-refractivity contribution in [1.82, 2.24) is 9.80 Å². The van der Waals surface area contributed by atoms with Crippen LogP contribution < -0.4 is 4.90 Å². The molecule has 110 valence electrons. The van der Waals surface area contributed by atoms with Crippen LogP contribution in [0.25, 0.3) is 0 Å². The number of carbonyl (C=O) groups excluding carboxylic acids is 1. The first-order valence-electron chi connectivity index (χ1n) is 7.07. The fourth-order valence-electron chi connectivity index (χ4n) is 3.09. The zero-order chi connectivity index (χ0) is 13.2. The van der Waals surface area contributed by atoms with Crippen molar-refractivity contribution in [2.24, 2.45) is 0 Å². The maximum atomic E-state index is 12.7. The zero-order valence-electron chi connectivity index (χ0n) is 11.9. The number of urea groups is 1. The average molecular weight is 340 g/mol. The molecule has 1 aromatic carbocycles. The summed E-state index contributed by atoms with van der Waals surface area (Å²) >= 11 is 0. The van der Waals surface area contributed by atoms with Gasteiger partial charge in [-0.3, -0.25) is 4.90 Å². The van der Waals surface area contributed by atoms with Crippen molar-refractivity contribution in [3.05, 3.63) is 30.3 Å². The van der Waals surface area contributed by atoms with Crippen LogP contribution in [0.2, 0.25) is 0 Å². The summed E-state index contributed by atoms with van der Waals surface area (Å²) in [4.78, 5) is 19.0. The van der Waals surface area contributed by atoms with Crippen LogP contribution in [0, 0.1) is 0 Å². The fourth-order valence-corrected chi connectivity index (χ4v) is 3.09. The lowest BCUT2D eigenvalue weighted by Gasteiger charge is -2.34. The monoisotopic (exact) mass is 339 g/mol. The Morgan fingerprint density at radius 2 is 1.75 bits per heavy atom. The largest absolute Gasteiger partial charge is 0.324 e. The predicted octanol–water partition coefficient (Wildman–Crippen LogP) is 2.60. The number of nitrogens with zero attached hydrogens (tertiary/aromatic N) is 3. The normalized spacial score (nSPS) is 24.8. The van der Waals surface area contributed by atoms with E-state index in [0.717, 1.165) is 44.7 Å². The van der Waals surface area contributed by atoms with Crippen LogP contribution in [0.1, 0.15) is 12.8 Å². The molecule has 3 saturated heterocycles. The Morgan fingerprint density at radius 3 is 2.40 bits per heavy atom. The molecule has 20 heavy (non-hydrogen) atoms. The van der Waals surface area contributed by atoms with Gasteiger partial charge in [0.05, 0.1) is 0 Å². The molecule has 3 fully saturated rings. The lowest BCUT2D eigenvalue weighted by molar-refractivity contribution is 0.177. The van der Waals surface area contributed by atoms with E-state index in [-0.39, 0.29) is 23.0 Å². The van der Waals surface area contributed by atoms with Crippen molar-refractivity contribution >= 4 is 28.7 Å². The molecule has 2 bridgehead atoms. The molecular weight excluding hydrogens is 318 g/mol. The molecule has 2 amide bonds. The number of halogens is 1. The topological polar surface area (TPSA) is 26.8 Å². The Bertz CT molecular complexity index is 446. The molecule has 3 heterocycles. The molecule has 0 aromatic heterocycles. The standard InChI is InChI=1S/C15H21N3O.BrH/c1-16(13-5-3-2-4-6-13)15(19)18-12-11-17-9-7-14(18)8-10-17;/h2-6,14H,7-12H2,1H3;1H. The Labute approximate surface area is 131 Å². The summed E-state index contributed by atoms with van der Waals surface area (Å²) in [5.41, 5.74) is 0.964. The summed E-state index contributed by atoms with van der Waals surface area (Å²) in [5.74, 6) is 0. The van der Waals surface area contributed by atoms with Crippen LogP contribution in [0.15, 0.2) is 30.3 Å².